The first-order valence-corrected chi connectivity index (χ1v) is 6.01. The predicted octanol–water partition coefficient (Wildman–Crippen LogP) is 3.21. The molecule has 1 aromatic rings. The molecule has 0 radical (unpaired) electrons. The van der Waals surface area contributed by atoms with Gasteiger partial charge in [0.05, 0.1) is 7.11 Å². The number of aliphatic carboxylic acids is 1. The molecule has 0 heterocycles. The van der Waals surface area contributed by atoms with Crippen LogP contribution < -0.4 is 4.74 Å². The van der Waals surface area contributed by atoms with E-state index in [2.05, 4.69) is 0 Å². The Bertz CT molecular complexity index is 459. The van der Waals surface area contributed by atoms with Crippen LogP contribution in [0.15, 0.2) is 29.8 Å². The molecule has 0 aliphatic rings. The van der Waals surface area contributed by atoms with E-state index in [0.29, 0.717) is 6.42 Å². The van der Waals surface area contributed by atoms with Crippen LogP contribution in [-0.2, 0) is 11.2 Å². The molecule has 0 spiro atoms. The van der Waals surface area contributed by atoms with E-state index in [1.165, 1.54) is 6.08 Å². The summed E-state index contributed by atoms with van der Waals surface area (Å²) in [7, 11) is 1.63. The first-order valence-electron chi connectivity index (χ1n) is 6.01. The monoisotopic (exact) mass is 248 g/mol. The SMILES string of the molecule is COc1ccc(C)cc1C/C(=C/C(=O)O)C(C)C. The van der Waals surface area contributed by atoms with Crippen molar-refractivity contribution in [2.45, 2.75) is 27.2 Å². The van der Waals surface area contributed by atoms with E-state index in [0.717, 1.165) is 22.4 Å². The molecule has 0 amide bonds. The Hall–Kier alpha value is -1.77. The molecule has 0 unspecified atom stereocenters. The second kappa shape index (κ2) is 6.24. The summed E-state index contributed by atoms with van der Waals surface area (Å²) in [6.45, 7) is 6.01. The fourth-order valence-electron chi connectivity index (χ4n) is 1.85. The van der Waals surface area contributed by atoms with Crippen LogP contribution in [0.5, 0.6) is 5.75 Å². The van der Waals surface area contributed by atoms with E-state index >= 15 is 0 Å². The van der Waals surface area contributed by atoms with Crippen LogP contribution in [-0.4, -0.2) is 18.2 Å². The Morgan fingerprint density at radius 3 is 2.61 bits per heavy atom. The quantitative estimate of drug-likeness (QED) is 0.814. The number of benzene rings is 1. The maximum atomic E-state index is 10.8. The lowest BCUT2D eigenvalue weighted by molar-refractivity contribution is -0.131. The molecule has 0 saturated carbocycles. The molecule has 0 aliphatic heterocycles. The first kappa shape index (κ1) is 14.3. The highest BCUT2D eigenvalue weighted by molar-refractivity contribution is 5.80. The molecule has 0 fully saturated rings. The number of allylic oxidation sites excluding steroid dienone is 1. The number of rotatable bonds is 5. The zero-order valence-corrected chi connectivity index (χ0v) is 11.4. The summed E-state index contributed by atoms with van der Waals surface area (Å²) in [6.07, 6.45) is 1.90. The van der Waals surface area contributed by atoms with Crippen molar-refractivity contribution in [3.8, 4) is 5.75 Å². The van der Waals surface area contributed by atoms with Crippen molar-refractivity contribution in [3.05, 3.63) is 41.0 Å². The number of carboxylic acid groups (broad SMARTS) is 1. The van der Waals surface area contributed by atoms with Crippen LogP contribution in [0.4, 0.5) is 0 Å². The molecule has 3 nitrogen and oxygen atoms in total. The average Bonchev–Trinajstić information content (AvgIpc) is 2.27. The topological polar surface area (TPSA) is 46.5 Å². The molecular weight excluding hydrogens is 228 g/mol. The van der Waals surface area contributed by atoms with Crippen LogP contribution in [0.25, 0.3) is 0 Å². The van der Waals surface area contributed by atoms with Gasteiger partial charge in [-0.15, -0.1) is 0 Å². The van der Waals surface area contributed by atoms with E-state index in [1.54, 1.807) is 7.11 Å². The maximum absolute atomic E-state index is 10.8. The van der Waals surface area contributed by atoms with E-state index in [1.807, 2.05) is 39.0 Å². The average molecular weight is 248 g/mol. The van der Waals surface area contributed by atoms with Crippen molar-refractivity contribution in [3.63, 3.8) is 0 Å². The first-order chi connectivity index (χ1) is 8.43. The largest absolute Gasteiger partial charge is 0.496 e. The van der Waals surface area contributed by atoms with Crippen molar-refractivity contribution in [2.24, 2.45) is 5.92 Å². The fourth-order valence-corrected chi connectivity index (χ4v) is 1.85. The van der Waals surface area contributed by atoms with Crippen molar-refractivity contribution >= 4 is 5.97 Å². The van der Waals surface area contributed by atoms with Crippen LogP contribution in [0, 0.1) is 12.8 Å². The Labute approximate surface area is 108 Å². The van der Waals surface area contributed by atoms with Crippen LogP contribution in [0.2, 0.25) is 0 Å². The summed E-state index contributed by atoms with van der Waals surface area (Å²) in [5.74, 6) is 0.106. The zero-order chi connectivity index (χ0) is 13.7. The van der Waals surface area contributed by atoms with Gasteiger partial charge >= 0.3 is 5.97 Å². The minimum absolute atomic E-state index is 0.200. The molecule has 0 aliphatic carbocycles. The summed E-state index contributed by atoms with van der Waals surface area (Å²) in [4.78, 5) is 10.8. The summed E-state index contributed by atoms with van der Waals surface area (Å²) < 4.78 is 5.31. The Kier molecular flexibility index (Phi) is 4.95. The van der Waals surface area contributed by atoms with Crippen LogP contribution in [0.3, 0.4) is 0 Å². The number of aryl methyl sites for hydroxylation is 1. The molecular formula is C15H20O3. The van der Waals surface area contributed by atoms with E-state index in [4.69, 9.17) is 9.84 Å². The third kappa shape index (κ3) is 3.91. The minimum Gasteiger partial charge on any atom is -0.496 e. The van der Waals surface area contributed by atoms with Crippen LogP contribution in [0.1, 0.15) is 25.0 Å². The van der Waals surface area contributed by atoms with Gasteiger partial charge in [-0.1, -0.05) is 37.1 Å². The number of methoxy groups -OCH3 is 1. The number of carbonyl (C=O) groups is 1. The van der Waals surface area contributed by atoms with Crippen molar-refractivity contribution in [1.82, 2.24) is 0 Å². The zero-order valence-electron chi connectivity index (χ0n) is 11.4. The minimum atomic E-state index is -0.898. The summed E-state index contributed by atoms with van der Waals surface area (Å²) in [5, 5.41) is 8.88. The predicted molar refractivity (Wildman–Crippen MR) is 72.0 cm³/mol. The highest BCUT2D eigenvalue weighted by Crippen LogP contribution is 2.25. The van der Waals surface area contributed by atoms with Gasteiger partial charge in [0, 0.05) is 6.08 Å². The molecule has 0 bridgehead atoms. The lowest BCUT2D eigenvalue weighted by atomic mass is 9.94. The van der Waals surface area contributed by atoms with Crippen molar-refractivity contribution in [2.75, 3.05) is 7.11 Å². The van der Waals surface area contributed by atoms with E-state index < -0.39 is 5.97 Å². The summed E-state index contributed by atoms with van der Waals surface area (Å²) in [6, 6.07) is 5.94. The molecule has 1 aromatic carbocycles. The van der Waals surface area contributed by atoms with Gasteiger partial charge in [-0.05, 0) is 30.9 Å². The highest BCUT2D eigenvalue weighted by atomic mass is 16.5. The summed E-state index contributed by atoms with van der Waals surface area (Å²) in [5.41, 5.74) is 3.06. The number of ether oxygens (including phenoxy) is 1. The molecule has 1 N–H and O–H groups in total. The van der Waals surface area contributed by atoms with Gasteiger partial charge in [0.15, 0.2) is 0 Å². The Morgan fingerprint density at radius 2 is 2.11 bits per heavy atom. The normalized spacial score (nSPS) is 11.7. The van der Waals surface area contributed by atoms with Crippen LogP contribution >= 0.6 is 0 Å². The van der Waals surface area contributed by atoms with Gasteiger partial charge in [-0.25, -0.2) is 4.79 Å². The molecule has 1 rings (SSSR count). The van der Waals surface area contributed by atoms with Crippen molar-refractivity contribution in [1.29, 1.82) is 0 Å². The molecule has 0 saturated heterocycles. The second-order valence-electron chi connectivity index (χ2n) is 4.70. The molecule has 3 heteroatoms. The van der Waals surface area contributed by atoms with Crippen molar-refractivity contribution < 1.29 is 14.6 Å². The van der Waals surface area contributed by atoms with Gasteiger partial charge in [0.1, 0.15) is 5.75 Å². The van der Waals surface area contributed by atoms with Gasteiger partial charge in [-0.3, -0.25) is 0 Å². The number of hydrogen-bond donors (Lipinski definition) is 1. The molecule has 0 atom stereocenters. The van der Waals surface area contributed by atoms with E-state index in [9.17, 15) is 4.79 Å². The number of hydrogen-bond acceptors (Lipinski definition) is 2. The Morgan fingerprint density at radius 1 is 1.44 bits per heavy atom. The lowest BCUT2D eigenvalue weighted by Gasteiger charge is -2.14. The number of carboxylic acids is 1. The Balaban J connectivity index is 3.07. The molecule has 0 aromatic heterocycles. The van der Waals surface area contributed by atoms with Gasteiger partial charge in [-0.2, -0.15) is 0 Å². The molecule has 18 heavy (non-hydrogen) atoms. The third-order valence-electron chi connectivity index (χ3n) is 2.88. The van der Waals surface area contributed by atoms with E-state index in [-0.39, 0.29) is 5.92 Å². The van der Waals surface area contributed by atoms with Gasteiger partial charge in [0.2, 0.25) is 0 Å². The second-order valence-corrected chi connectivity index (χ2v) is 4.70. The standard InChI is InChI=1S/C15H20O3/c1-10(2)12(9-15(16)17)8-13-7-11(3)5-6-14(13)18-4/h5-7,9-10H,8H2,1-4H3,(H,16,17)/b12-9-. The highest BCUT2D eigenvalue weighted by Gasteiger charge is 2.10. The van der Waals surface area contributed by atoms with Gasteiger partial charge in [0.25, 0.3) is 0 Å². The molecule has 98 valence electrons. The summed E-state index contributed by atoms with van der Waals surface area (Å²) >= 11 is 0. The smallest absolute Gasteiger partial charge is 0.328 e. The third-order valence-corrected chi connectivity index (χ3v) is 2.88. The van der Waals surface area contributed by atoms with Gasteiger partial charge < -0.3 is 9.84 Å². The maximum Gasteiger partial charge on any atom is 0.328 e. The fraction of sp³-hybridized carbons (Fsp3) is 0.400. The lowest BCUT2D eigenvalue weighted by Crippen LogP contribution is -2.04.